The van der Waals surface area contributed by atoms with Gasteiger partial charge < -0.3 is 10.6 Å². The lowest BCUT2D eigenvalue weighted by molar-refractivity contribution is -0.123. The van der Waals surface area contributed by atoms with Gasteiger partial charge in [-0.1, -0.05) is 55.8 Å². The van der Waals surface area contributed by atoms with E-state index in [4.69, 9.17) is 23.8 Å². The number of nitrogens with one attached hydrogen (secondary N) is 4. The van der Waals surface area contributed by atoms with Crippen molar-refractivity contribution >= 4 is 40.7 Å². The predicted octanol–water partition coefficient (Wildman–Crippen LogP) is 3.18. The van der Waals surface area contributed by atoms with Crippen LogP contribution in [0.3, 0.4) is 0 Å². The van der Waals surface area contributed by atoms with E-state index in [0.29, 0.717) is 23.6 Å². The summed E-state index contributed by atoms with van der Waals surface area (Å²) in [5, 5.41) is 6.61. The first-order valence-electron chi connectivity index (χ1n) is 9.29. The molecule has 29 heavy (non-hydrogen) atoms. The monoisotopic (exact) mass is 432 g/mol. The minimum Gasteiger partial charge on any atom is -0.357 e. The number of carbonyl (C=O) groups is 2. The lowest BCUT2D eigenvalue weighted by Crippen LogP contribution is -2.54. The molecule has 2 aromatic rings. The van der Waals surface area contributed by atoms with E-state index in [0.717, 1.165) is 5.56 Å². The lowest BCUT2D eigenvalue weighted by atomic mass is 10.0. The first-order chi connectivity index (χ1) is 13.8. The fraction of sp³-hybridized carbons (Fsp3) is 0.286. The van der Waals surface area contributed by atoms with E-state index in [1.165, 1.54) is 0 Å². The molecule has 0 bridgehead atoms. The Kier molecular flexibility index (Phi) is 8.89. The lowest BCUT2D eigenvalue weighted by Gasteiger charge is -2.21. The minimum absolute atomic E-state index is 0.208. The normalized spacial score (nSPS) is 11.4. The number of benzene rings is 2. The number of hydrogen-bond donors (Lipinski definition) is 4. The molecule has 0 heterocycles. The van der Waals surface area contributed by atoms with E-state index in [2.05, 4.69) is 21.5 Å². The Hall–Kier alpha value is -2.64. The van der Waals surface area contributed by atoms with Crippen molar-refractivity contribution in [2.24, 2.45) is 5.92 Å². The summed E-state index contributed by atoms with van der Waals surface area (Å²) in [6.07, 6.45) is 0.483. The van der Waals surface area contributed by atoms with Crippen LogP contribution in [0, 0.1) is 5.92 Å². The van der Waals surface area contributed by atoms with Gasteiger partial charge in [-0.15, -0.1) is 0 Å². The molecule has 154 valence electrons. The summed E-state index contributed by atoms with van der Waals surface area (Å²) in [7, 11) is 0. The second-order valence-electron chi connectivity index (χ2n) is 6.95. The summed E-state index contributed by atoms with van der Waals surface area (Å²) >= 11 is 11.0. The second-order valence-corrected chi connectivity index (χ2v) is 7.79. The number of thiocarbonyl (C=S) groups is 1. The van der Waals surface area contributed by atoms with Gasteiger partial charge in [0.1, 0.15) is 6.04 Å². The number of halogens is 1. The van der Waals surface area contributed by atoms with Crippen molar-refractivity contribution in [2.45, 2.75) is 32.9 Å². The maximum absolute atomic E-state index is 12.6. The molecule has 0 fully saturated rings. The van der Waals surface area contributed by atoms with Crippen molar-refractivity contribution in [2.75, 3.05) is 0 Å². The van der Waals surface area contributed by atoms with Gasteiger partial charge in [0.15, 0.2) is 5.11 Å². The van der Waals surface area contributed by atoms with E-state index >= 15 is 0 Å². The molecule has 0 aliphatic carbocycles. The molecule has 4 N–H and O–H groups in total. The van der Waals surface area contributed by atoms with Crippen LogP contribution in [0.4, 0.5) is 0 Å². The van der Waals surface area contributed by atoms with Crippen LogP contribution >= 0.6 is 23.8 Å². The molecular weight excluding hydrogens is 408 g/mol. The molecule has 0 aliphatic rings. The number of hydrogen-bond acceptors (Lipinski definition) is 3. The minimum atomic E-state index is -0.706. The van der Waals surface area contributed by atoms with Crippen molar-refractivity contribution < 1.29 is 9.59 Å². The number of rotatable bonds is 7. The quantitative estimate of drug-likeness (QED) is 0.399. The van der Waals surface area contributed by atoms with Gasteiger partial charge >= 0.3 is 0 Å². The molecule has 2 rings (SSSR count). The van der Waals surface area contributed by atoms with Gasteiger partial charge in [-0.25, -0.2) is 0 Å². The van der Waals surface area contributed by atoms with E-state index in [9.17, 15) is 9.59 Å². The smallest absolute Gasteiger partial charge is 0.260 e. The predicted molar refractivity (Wildman–Crippen MR) is 119 cm³/mol. The topological polar surface area (TPSA) is 82.3 Å². The van der Waals surface area contributed by atoms with Crippen molar-refractivity contribution in [1.29, 1.82) is 0 Å². The van der Waals surface area contributed by atoms with E-state index in [-0.39, 0.29) is 22.8 Å². The van der Waals surface area contributed by atoms with Crippen LogP contribution in [0.5, 0.6) is 0 Å². The fourth-order valence-electron chi connectivity index (χ4n) is 2.57. The number of carbonyl (C=O) groups excluding carboxylic acids is 2. The molecular formula is C21H25ClN4O2S. The van der Waals surface area contributed by atoms with Gasteiger partial charge in [-0.05, 0) is 54.4 Å². The summed E-state index contributed by atoms with van der Waals surface area (Å²) in [6, 6.07) is 15.5. The molecule has 2 amide bonds. The number of amides is 2. The molecule has 0 spiro atoms. The molecule has 0 aromatic heterocycles. The highest BCUT2D eigenvalue weighted by molar-refractivity contribution is 7.80. The maximum atomic E-state index is 12.6. The van der Waals surface area contributed by atoms with Crippen LogP contribution < -0.4 is 21.5 Å². The summed E-state index contributed by atoms with van der Waals surface area (Å²) in [6.45, 7) is 4.49. The zero-order chi connectivity index (χ0) is 21.2. The van der Waals surface area contributed by atoms with Crippen LogP contribution in [-0.2, 0) is 11.3 Å². The Morgan fingerprint density at radius 1 is 1.00 bits per heavy atom. The molecule has 0 saturated heterocycles. The third-order valence-electron chi connectivity index (χ3n) is 4.03. The molecule has 0 radical (unpaired) electrons. The van der Waals surface area contributed by atoms with E-state index < -0.39 is 6.04 Å². The van der Waals surface area contributed by atoms with Gasteiger partial charge in [0.05, 0.1) is 0 Å². The van der Waals surface area contributed by atoms with Crippen LogP contribution in [0.25, 0.3) is 0 Å². The molecule has 0 saturated carbocycles. The standard InChI is InChI=1S/C21H25ClN4O2S/c1-14(2)12-18(24-19(27)16-8-10-17(22)11-9-16)20(28)25-26-21(29)23-13-15-6-4-3-5-7-15/h3-11,14,18H,12-13H2,1-2H3,(H,24,27)(H,25,28)(H2,23,26,29). The van der Waals surface area contributed by atoms with Gasteiger partial charge in [-0.3, -0.25) is 20.4 Å². The van der Waals surface area contributed by atoms with Gasteiger partial charge in [0.2, 0.25) is 0 Å². The first kappa shape index (κ1) is 22.6. The Morgan fingerprint density at radius 3 is 2.28 bits per heavy atom. The van der Waals surface area contributed by atoms with Crippen molar-refractivity contribution in [3.63, 3.8) is 0 Å². The Morgan fingerprint density at radius 2 is 1.66 bits per heavy atom. The third-order valence-corrected chi connectivity index (χ3v) is 4.53. The van der Waals surface area contributed by atoms with Gasteiger partial charge in [0, 0.05) is 17.1 Å². The van der Waals surface area contributed by atoms with Gasteiger partial charge in [0.25, 0.3) is 11.8 Å². The highest BCUT2D eigenvalue weighted by Crippen LogP contribution is 2.11. The molecule has 6 nitrogen and oxygen atoms in total. The first-order valence-corrected chi connectivity index (χ1v) is 10.1. The fourth-order valence-corrected chi connectivity index (χ4v) is 2.82. The molecule has 1 atom stereocenters. The Labute approximate surface area is 181 Å². The Balaban J connectivity index is 1.87. The average Bonchev–Trinajstić information content (AvgIpc) is 2.70. The third kappa shape index (κ3) is 8.09. The zero-order valence-corrected chi connectivity index (χ0v) is 17.9. The van der Waals surface area contributed by atoms with Crippen molar-refractivity contribution in [3.05, 3.63) is 70.7 Å². The van der Waals surface area contributed by atoms with Crippen LogP contribution in [-0.4, -0.2) is 23.0 Å². The summed E-state index contributed by atoms with van der Waals surface area (Å²) < 4.78 is 0. The second kappa shape index (κ2) is 11.4. The molecule has 0 aliphatic heterocycles. The van der Waals surface area contributed by atoms with Crippen LogP contribution in [0.1, 0.15) is 36.2 Å². The zero-order valence-electron chi connectivity index (χ0n) is 16.4. The van der Waals surface area contributed by atoms with Crippen molar-refractivity contribution in [1.82, 2.24) is 21.5 Å². The average molecular weight is 433 g/mol. The van der Waals surface area contributed by atoms with Gasteiger partial charge in [-0.2, -0.15) is 0 Å². The largest absolute Gasteiger partial charge is 0.357 e. The van der Waals surface area contributed by atoms with E-state index in [1.807, 2.05) is 44.2 Å². The summed E-state index contributed by atoms with van der Waals surface area (Å²) in [5.41, 5.74) is 6.74. The summed E-state index contributed by atoms with van der Waals surface area (Å²) in [4.78, 5) is 25.0. The van der Waals surface area contributed by atoms with Crippen molar-refractivity contribution in [3.8, 4) is 0 Å². The maximum Gasteiger partial charge on any atom is 0.260 e. The van der Waals surface area contributed by atoms with E-state index in [1.54, 1.807) is 24.3 Å². The molecule has 8 heteroatoms. The molecule has 2 aromatic carbocycles. The number of hydrazine groups is 1. The summed E-state index contributed by atoms with van der Waals surface area (Å²) in [5.74, 6) is -0.503. The SMILES string of the molecule is CC(C)CC(NC(=O)c1ccc(Cl)cc1)C(=O)NNC(=S)NCc1ccccc1. The van der Waals surface area contributed by atoms with Crippen LogP contribution in [0.15, 0.2) is 54.6 Å². The highest BCUT2D eigenvalue weighted by atomic mass is 35.5. The Bertz CT molecular complexity index is 828. The molecule has 1 unspecified atom stereocenters. The highest BCUT2D eigenvalue weighted by Gasteiger charge is 2.22. The van der Waals surface area contributed by atoms with Crippen LogP contribution in [0.2, 0.25) is 5.02 Å².